The van der Waals surface area contributed by atoms with E-state index in [0.717, 1.165) is 24.7 Å². The number of anilines is 1. The molecule has 8 nitrogen and oxygen atoms in total. The van der Waals surface area contributed by atoms with Gasteiger partial charge in [-0.3, -0.25) is 14.2 Å². The van der Waals surface area contributed by atoms with Crippen molar-refractivity contribution >= 4 is 33.2 Å². The molecule has 0 aliphatic heterocycles. The van der Waals surface area contributed by atoms with Crippen LogP contribution in [0.5, 0.6) is 0 Å². The van der Waals surface area contributed by atoms with E-state index in [0.29, 0.717) is 11.4 Å². The Hall–Kier alpha value is -3.46. The number of rotatable bonds is 4. The Bertz CT molecular complexity index is 1380. The van der Waals surface area contributed by atoms with E-state index >= 15 is 0 Å². The van der Waals surface area contributed by atoms with Gasteiger partial charge in [0.25, 0.3) is 0 Å². The topological polar surface area (TPSA) is 90.4 Å². The zero-order valence-electron chi connectivity index (χ0n) is 16.3. The Labute approximate surface area is 179 Å². The van der Waals surface area contributed by atoms with Crippen LogP contribution in [0, 0.1) is 13.8 Å². The van der Waals surface area contributed by atoms with E-state index in [9.17, 15) is 14.4 Å². The smallest absolute Gasteiger partial charge is 0.324 e. The second kappa shape index (κ2) is 7.75. The third kappa shape index (κ3) is 3.71. The van der Waals surface area contributed by atoms with Crippen LogP contribution in [0.1, 0.15) is 11.1 Å². The van der Waals surface area contributed by atoms with Crippen molar-refractivity contribution in [1.82, 2.24) is 18.7 Å². The zero-order chi connectivity index (χ0) is 21.4. The number of aryl methyl sites for hydroxylation is 2. The minimum Gasteiger partial charge on any atom is -0.324 e. The van der Waals surface area contributed by atoms with Crippen LogP contribution in [-0.4, -0.2) is 24.7 Å². The molecule has 0 bridgehead atoms. The fraction of sp³-hybridized carbons (Fsp3) is 0.143. The van der Waals surface area contributed by atoms with E-state index in [2.05, 4.69) is 26.3 Å². The first kappa shape index (κ1) is 19.8. The molecule has 0 unspecified atom stereocenters. The highest BCUT2D eigenvalue weighted by Gasteiger charge is 2.15. The number of hydrogen-bond donors (Lipinski definition) is 1. The van der Waals surface area contributed by atoms with Crippen molar-refractivity contribution < 1.29 is 4.79 Å². The molecule has 152 valence electrons. The van der Waals surface area contributed by atoms with Crippen molar-refractivity contribution in [3.8, 4) is 5.69 Å². The van der Waals surface area contributed by atoms with Gasteiger partial charge in [-0.15, -0.1) is 5.10 Å². The van der Waals surface area contributed by atoms with E-state index < -0.39 is 17.2 Å². The van der Waals surface area contributed by atoms with Crippen molar-refractivity contribution in [2.45, 2.75) is 20.4 Å². The SMILES string of the molecule is Cc1ccc(NC(=O)Cn2nc3c(=O)n(-c4ccc(Br)cc4)ccn3c2=O)cc1C. The molecule has 9 heteroatoms. The molecule has 2 aromatic heterocycles. The summed E-state index contributed by atoms with van der Waals surface area (Å²) in [5, 5.41) is 6.84. The predicted octanol–water partition coefficient (Wildman–Crippen LogP) is 2.66. The molecule has 0 saturated heterocycles. The molecule has 0 fully saturated rings. The molecule has 4 rings (SSSR count). The highest BCUT2D eigenvalue weighted by atomic mass is 79.9. The van der Waals surface area contributed by atoms with E-state index in [1.54, 1.807) is 18.2 Å². The van der Waals surface area contributed by atoms with Gasteiger partial charge in [-0.1, -0.05) is 22.0 Å². The van der Waals surface area contributed by atoms with Crippen molar-refractivity contribution in [2.75, 3.05) is 5.32 Å². The standard InChI is InChI=1S/C21H18BrN5O3/c1-13-3-6-16(11-14(13)2)23-18(28)12-27-21(30)26-10-9-25(20(29)19(26)24-27)17-7-4-15(22)5-8-17/h3-11H,12H2,1-2H3,(H,23,28). The van der Waals surface area contributed by atoms with Crippen molar-refractivity contribution in [3.05, 3.63) is 91.3 Å². The summed E-state index contributed by atoms with van der Waals surface area (Å²) in [6.07, 6.45) is 2.97. The molecule has 4 aromatic rings. The number of amides is 1. The minimum absolute atomic E-state index is 0.0515. The van der Waals surface area contributed by atoms with Gasteiger partial charge >= 0.3 is 11.2 Å². The number of nitrogens with zero attached hydrogens (tertiary/aromatic N) is 4. The average Bonchev–Trinajstić information content (AvgIpc) is 3.02. The molecule has 2 aromatic carbocycles. The number of hydrogen-bond acceptors (Lipinski definition) is 4. The van der Waals surface area contributed by atoms with Crippen LogP contribution in [0.4, 0.5) is 5.69 Å². The minimum atomic E-state index is -0.555. The van der Waals surface area contributed by atoms with Gasteiger partial charge in [0.05, 0.1) is 0 Å². The van der Waals surface area contributed by atoms with Crippen LogP contribution < -0.4 is 16.6 Å². The summed E-state index contributed by atoms with van der Waals surface area (Å²) in [7, 11) is 0. The molecule has 30 heavy (non-hydrogen) atoms. The molecule has 0 aliphatic rings. The van der Waals surface area contributed by atoms with E-state index in [-0.39, 0.29) is 12.2 Å². The zero-order valence-corrected chi connectivity index (χ0v) is 17.9. The summed E-state index contributed by atoms with van der Waals surface area (Å²) in [4.78, 5) is 37.8. The largest absolute Gasteiger partial charge is 0.351 e. The molecule has 0 saturated carbocycles. The van der Waals surface area contributed by atoms with Crippen molar-refractivity contribution in [1.29, 1.82) is 0 Å². The summed E-state index contributed by atoms with van der Waals surface area (Å²) >= 11 is 3.36. The summed E-state index contributed by atoms with van der Waals surface area (Å²) in [6, 6.07) is 12.7. The van der Waals surface area contributed by atoms with Crippen molar-refractivity contribution in [2.24, 2.45) is 0 Å². The summed E-state index contributed by atoms with van der Waals surface area (Å²) in [5.74, 6) is -0.406. The molecule has 2 heterocycles. The molecule has 0 spiro atoms. The summed E-state index contributed by atoms with van der Waals surface area (Å²) in [5.41, 5.74) is 2.38. The Kier molecular flexibility index (Phi) is 5.13. The summed E-state index contributed by atoms with van der Waals surface area (Å²) < 4.78 is 4.41. The lowest BCUT2D eigenvalue weighted by atomic mass is 10.1. The average molecular weight is 468 g/mol. The van der Waals surface area contributed by atoms with E-state index in [1.807, 2.05) is 38.1 Å². The van der Waals surface area contributed by atoms with Gasteiger partial charge in [-0.2, -0.15) is 0 Å². The van der Waals surface area contributed by atoms with E-state index in [1.165, 1.54) is 17.0 Å². The van der Waals surface area contributed by atoms with Crippen LogP contribution in [0.3, 0.4) is 0 Å². The Morgan fingerprint density at radius 3 is 2.47 bits per heavy atom. The Balaban J connectivity index is 1.64. The number of fused-ring (bicyclic) bond motifs is 1. The first-order valence-corrected chi connectivity index (χ1v) is 9.96. The number of nitrogens with one attached hydrogen (secondary N) is 1. The molecule has 1 amide bonds. The van der Waals surface area contributed by atoms with Gasteiger partial charge in [-0.05, 0) is 61.4 Å². The Morgan fingerprint density at radius 2 is 1.77 bits per heavy atom. The predicted molar refractivity (Wildman–Crippen MR) is 117 cm³/mol. The van der Waals surface area contributed by atoms with Crippen LogP contribution in [0.25, 0.3) is 11.3 Å². The second-order valence-corrected chi connectivity index (χ2v) is 7.85. The highest BCUT2D eigenvalue weighted by molar-refractivity contribution is 9.10. The lowest BCUT2D eigenvalue weighted by Gasteiger charge is -2.07. The number of carbonyl (C=O) groups excluding carboxylic acids is 1. The quantitative estimate of drug-likeness (QED) is 0.499. The van der Waals surface area contributed by atoms with Crippen LogP contribution in [-0.2, 0) is 11.3 Å². The van der Waals surface area contributed by atoms with Gasteiger partial charge in [-0.25, -0.2) is 13.9 Å². The van der Waals surface area contributed by atoms with Crippen LogP contribution >= 0.6 is 15.9 Å². The monoisotopic (exact) mass is 467 g/mol. The normalized spacial score (nSPS) is 11.0. The first-order valence-electron chi connectivity index (χ1n) is 9.17. The maximum absolute atomic E-state index is 12.8. The lowest BCUT2D eigenvalue weighted by Crippen LogP contribution is -2.28. The first-order chi connectivity index (χ1) is 14.3. The maximum Gasteiger partial charge on any atom is 0.351 e. The molecular weight excluding hydrogens is 450 g/mol. The molecule has 0 atom stereocenters. The lowest BCUT2D eigenvalue weighted by molar-refractivity contribution is -0.117. The van der Waals surface area contributed by atoms with Gasteiger partial charge in [0.15, 0.2) is 0 Å². The number of benzene rings is 2. The molecule has 0 aliphatic carbocycles. The molecular formula is C21H18BrN5O3. The van der Waals surface area contributed by atoms with Gasteiger partial charge in [0.2, 0.25) is 11.6 Å². The van der Waals surface area contributed by atoms with Crippen molar-refractivity contribution in [3.63, 3.8) is 0 Å². The number of aromatic nitrogens is 4. The van der Waals surface area contributed by atoms with Gasteiger partial charge < -0.3 is 5.32 Å². The fourth-order valence-corrected chi connectivity index (χ4v) is 3.34. The highest BCUT2D eigenvalue weighted by Crippen LogP contribution is 2.14. The second-order valence-electron chi connectivity index (χ2n) is 6.93. The maximum atomic E-state index is 12.8. The Morgan fingerprint density at radius 1 is 1.03 bits per heavy atom. The van der Waals surface area contributed by atoms with Gasteiger partial charge in [0, 0.05) is 28.2 Å². The fourth-order valence-electron chi connectivity index (χ4n) is 3.07. The van der Waals surface area contributed by atoms with Crippen LogP contribution in [0.2, 0.25) is 0 Å². The van der Waals surface area contributed by atoms with Gasteiger partial charge in [0.1, 0.15) is 6.54 Å². The number of halogens is 1. The number of carbonyl (C=O) groups is 1. The molecule has 1 N–H and O–H groups in total. The van der Waals surface area contributed by atoms with Crippen LogP contribution in [0.15, 0.2) is 68.9 Å². The third-order valence-electron chi connectivity index (χ3n) is 4.83. The third-order valence-corrected chi connectivity index (χ3v) is 5.36. The molecule has 0 radical (unpaired) electrons. The van der Waals surface area contributed by atoms with E-state index in [4.69, 9.17) is 0 Å². The summed E-state index contributed by atoms with van der Waals surface area (Å²) in [6.45, 7) is 3.64.